The largest absolute Gasteiger partial charge is 0.493 e. The first kappa shape index (κ1) is 20.6. The lowest BCUT2D eigenvalue weighted by atomic mass is 10.0. The maximum absolute atomic E-state index is 12.8. The molecule has 0 heterocycles. The highest BCUT2D eigenvalue weighted by molar-refractivity contribution is 5.80. The molecule has 0 aromatic heterocycles. The zero-order chi connectivity index (χ0) is 19.8. The van der Waals surface area contributed by atoms with E-state index in [2.05, 4.69) is 19.4 Å². The van der Waals surface area contributed by atoms with Gasteiger partial charge in [-0.15, -0.1) is 0 Å². The van der Waals surface area contributed by atoms with Gasteiger partial charge in [-0.25, -0.2) is 0 Å². The molecule has 0 bridgehead atoms. The molecule has 146 valence electrons. The number of carbonyl (C=O) groups is 1. The van der Waals surface area contributed by atoms with Crippen LogP contribution in [0.25, 0.3) is 0 Å². The molecule has 2 aromatic carbocycles. The standard InChI is InChI=1S/C21H28N2O4/c1-23(2)14-17(15-9-7-6-8-10-15)22-19(24)13-16-11-12-18(25-3)21(27-5)20(16)26-4/h6-12,17H,13-14H2,1-5H3,(H,22,24)/p+1/t17-/m0/s1. The van der Waals surface area contributed by atoms with Crippen LogP contribution in [0.2, 0.25) is 0 Å². The number of carbonyl (C=O) groups excluding carboxylic acids is 1. The monoisotopic (exact) mass is 373 g/mol. The Morgan fingerprint density at radius 3 is 2.19 bits per heavy atom. The summed E-state index contributed by atoms with van der Waals surface area (Å²) in [5, 5.41) is 3.14. The third kappa shape index (κ3) is 5.37. The lowest BCUT2D eigenvalue weighted by molar-refractivity contribution is -0.860. The first-order valence-corrected chi connectivity index (χ1v) is 8.91. The molecule has 0 fully saturated rings. The summed E-state index contributed by atoms with van der Waals surface area (Å²) in [4.78, 5) is 14.0. The topological polar surface area (TPSA) is 61.2 Å². The first-order chi connectivity index (χ1) is 13.0. The normalized spacial score (nSPS) is 11.8. The van der Waals surface area contributed by atoms with Gasteiger partial charge < -0.3 is 24.4 Å². The fourth-order valence-corrected chi connectivity index (χ4v) is 3.07. The van der Waals surface area contributed by atoms with E-state index in [1.165, 1.54) is 4.90 Å². The highest BCUT2D eigenvalue weighted by Crippen LogP contribution is 2.39. The highest BCUT2D eigenvalue weighted by Gasteiger charge is 2.21. The van der Waals surface area contributed by atoms with Crippen molar-refractivity contribution in [1.29, 1.82) is 0 Å². The van der Waals surface area contributed by atoms with Crippen molar-refractivity contribution in [2.45, 2.75) is 12.5 Å². The molecule has 0 spiro atoms. The second kappa shape index (κ2) is 9.83. The summed E-state index contributed by atoms with van der Waals surface area (Å²) in [5.41, 5.74) is 1.84. The number of nitrogens with one attached hydrogen (secondary N) is 2. The van der Waals surface area contributed by atoms with Gasteiger partial charge in [-0.3, -0.25) is 4.79 Å². The van der Waals surface area contributed by atoms with Crippen LogP contribution in [-0.2, 0) is 11.2 Å². The van der Waals surface area contributed by atoms with Crippen molar-refractivity contribution in [3.8, 4) is 17.2 Å². The van der Waals surface area contributed by atoms with Crippen LogP contribution in [0.15, 0.2) is 42.5 Å². The number of ether oxygens (including phenoxy) is 3. The van der Waals surface area contributed by atoms with E-state index in [1.54, 1.807) is 27.4 Å². The van der Waals surface area contributed by atoms with Crippen molar-refractivity contribution in [2.24, 2.45) is 0 Å². The molecule has 0 unspecified atom stereocenters. The number of amides is 1. The minimum absolute atomic E-state index is 0.0603. The lowest BCUT2D eigenvalue weighted by Crippen LogP contribution is -3.06. The van der Waals surface area contributed by atoms with Gasteiger partial charge in [0.1, 0.15) is 12.6 Å². The molecule has 2 rings (SSSR count). The number of rotatable bonds is 9. The van der Waals surface area contributed by atoms with Crippen LogP contribution in [0.5, 0.6) is 17.2 Å². The maximum Gasteiger partial charge on any atom is 0.225 e. The maximum atomic E-state index is 12.8. The summed E-state index contributed by atoms with van der Waals surface area (Å²) in [5.74, 6) is 1.50. The van der Waals surface area contributed by atoms with Gasteiger partial charge in [-0.1, -0.05) is 36.4 Å². The average molecular weight is 373 g/mol. The van der Waals surface area contributed by atoms with Gasteiger partial charge in [0.25, 0.3) is 0 Å². The summed E-state index contributed by atoms with van der Waals surface area (Å²) >= 11 is 0. The molecule has 0 saturated heterocycles. The van der Waals surface area contributed by atoms with Gasteiger partial charge in [0.05, 0.1) is 41.8 Å². The predicted molar refractivity (Wildman–Crippen MR) is 105 cm³/mol. The van der Waals surface area contributed by atoms with Crippen LogP contribution >= 0.6 is 0 Å². The van der Waals surface area contributed by atoms with Crippen molar-refractivity contribution in [3.63, 3.8) is 0 Å². The molecule has 1 amide bonds. The molecule has 6 heteroatoms. The predicted octanol–water partition coefficient (Wildman–Crippen LogP) is 1.26. The van der Waals surface area contributed by atoms with Crippen LogP contribution in [0.4, 0.5) is 0 Å². The van der Waals surface area contributed by atoms with E-state index in [0.29, 0.717) is 17.2 Å². The van der Waals surface area contributed by atoms with E-state index < -0.39 is 0 Å². The van der Waals surface area contributed by atoms with Crippen LogP contribution in [-0.4, -0.2) is 47.9 Å². The molecule has 2 N–H and O–H groups in total. The summed E-state index contributed by atoms with van der Waals surface area (Å²) in [6.45, 7) is 0.790. The Hall–Kier alpha value is -2.73. The third-order valence-corrected chi connectivity index (χ3v) is 4.29. The van der Waals surface area contributed by atoms with Gasteiger partial charge in [0.2, 0.25) is 11.7 Å². The molecule has 1 atom stereocenters. The van der Waals surface area contributed by atoms with Crippen LogP contribution in [0, 0.1) is 0 Å². The quantitative estimate of drug-likeness (QED) is 0.695. The number of hydrogen-bond donors (Lipinski definition) is 2. The molecular weight excluding hydrogens is 344 g/mol. The molecule has 2 aromatic rings. The third-order valence-electron chi connectivity index (χ3n) is 4.29. The van der Waals surface area contributed by atoms with E-state index >= 15 is 0 Å². The summed E-state index contributed by atoms with van der Waals surface area (Å²) in [7, 11) is 8.81. The van der Waals surface area contributed by atoms with Gasteiger partial charge in [-0.05, 0) is 11.6 Å². The second-order valence-electron chi connectivity index (χ2n) is 6.61. The van der Waals surface area contributed by atoms with E-state index in [0.717, 1.165) is 17.7 Å². The Morgan fingerprint density at radius 1 is 0.963 bits per heavy atom. The molecule has 0 aliphatic heterocycles. The van der Waals surface area contributed by atoms with E-state index in [-0.39, 0.29) is 18.4 Å². The Bertz CT molecular complexity index is 747. The zero-order valence-corrected chi connectivity index (χ0v) is 16.7. The number of quaternary nitrogens is 1. The second-order valence-corrected chi connectivity index (χ2v) is 6.61. The number of benzene rings is 2. The minimum atomic E-state index is -0.0735. The number of hydrogen-bond acceptors (Lipinski definition) is 4. The lowest BCUT2D eigenvalue weighted by Gasteiger charge is -2.21. The Labute approximate surface area is 161 Å². The molecule has 6 nitrogen and oxygen atoms in total. The molecule has 0 saturated carbocycles. The van der Waals surface area contributed by atoms with Crippen LogP contribution in [0.3, 0.4) is 0 Å². The molecule has 27 heavy (non-hydrogen) atoms. The van der Waals surface area contributed by atoms with Crippen molar-refractivity contribution in [3.05, 3.63) is 53.6 Å². The summed E-state index contributed by atoms with van der Waals surface area (Å²) < 4.78 is 16.2. The fourth-order valence-electron chi connectivity index (χ4n) is 3.07. The van der Waals surface area contributed by atoms with E-state index in [1.807, 2.05) is 36.4 Å². The van der Waals surface area contributed by atoms with Crippen molar-refractivity contribution < 1.29 is 23.9 Å². The van der Waals surface area contributed by atoms with Gasteiger partial charge in [-0.2, -0.15) is 0 Å². The molecule has 0 aliphatic carbocycles. The number of methoxy groups -OCH3 is 3. The summed E-state index contributed by atoms with van der Waals surface area (Å²) in [6, 6.07) is 13.6. The first-order valence-electron chi connectivity index (χ1n) is 8.91. The van der Waals surface area contributed by atoms with Gasteiger partial charge >= 0.3 is 0 Å². The van der Waals surface area contributed by atoms with Crippen molar-refractivity contribution in [1.82, 2.24) is 5.32 Å². The van der Waals surface area contributed by atoms with E-state index in [9.17, 15) is 4.79 Å². The average Bonchev–Trinajstić information content (AvgIpc) is 2.67. The van der Waals surface area contributed by atoms with E-state index in [4.69, 9.17) is 14.2 Å². The zero-order valence-electron chi connectivity index (χ0n) is 16.7. The molecule has 0 radical (unpaired) electrons. The minimum Gasteiger partial charge on any atom is -0.493 e. The highest BCUT2D eigenvalue weighted by atomic mass is 16.5. The summed E-state index contributed by atoms with van der Waals surface area (Å²) in [6.07, 6.45) is 0.190. The van der Waals surface area contributed by atoms with Gasteiger partial charge in [0.15, 0.2) is 11.5 Å². The number of likely N-dealkylation sites (N-methyl/N-ethyl adjacent to an activating group) is 1. The fraction of sp³-hybridized carbons (Fsp3) is 0.381. The van der Waals surface area contributed by atoms with Crippen LogP contribution < -0.4 is 24.4 Å². The smallest absolute Gasteiger partial charge is 0.225 e. The van der Waals surface area contributed by atoms with Gasteiger partial charge in [0, 0.05) is 5.56 Å². The Morgan fingerprint density at radius 2 is 1.63 bits per heavy atom. The van der Waals surface area contributed by atoms with Crippen molar-refractivity contribution in [2.75, 3.05) is 42.0 Å². The van der Waals surface area contributed by atoms with Crippen LogP contribution in [0.1, 0.15) is 17.2 Å². The SMILES string of the molecule is COc1ccc(CC(=O)N[C@@H](C[NH+](C)C)c2ccccc2)c(OC)c1OC. The molecular formula is C21H29N2O4+. The van der Waals surface area contributed by atoms with Crippen molar-refractivity contribution >= 4 is 5.91 Å². The molecule has 0 aliphatic rings. The Balaban J connectivity index is 2.20. The Kier molecular flexibility index (Phi) is 7.49.